The van der Waals surface area contributed by atoms with Crippen molar-refractivity contribution in [3.63, 3.8) is 0 Å². The van der Waals surface area contributed by atoms with Gasteiger partial charge in [0.2, 0.25) is 0 Å². The van der Waals surface area contributed by atoms with Crippen LogP contribution in [0.2, 0.25) is 0 Å². The molecule has 16 heavy (non-hydrogen) atoms. The first kappa shape index (κ1) is 13.2. The maximum atomic E-state index is 10.7. The molecule has 0 aromatic heterocycles. The Morgan fingerprint density at radius 2 is 1.81 bits per heavy atom. The molecule has 2 heteroatoms. The maximum absolute atomic E-state index is 10.7. The number of hydrogen-bond donors (Lipinski definition) is 0. The first-order chi connectivity index (χ1) is 7.70. The molecule has 0 radical (unpaired) electrons. The van der Waals surface area contributed by atoms with E-state index in [-0.39, 0.29) is 5.76 Å². The van der Waals surface area contributed by atoms with Crippen LogP contribution in [0.1, 0.15) is 6.92 Å². The van der Waals surface area contributed by atoms with Crippen LogP contribution in [-0.4, -0.2) is 5.97 Å². The van der Waals surface area contributed by atoms with E-state index in [1.165, 1.54) is 13.0 Å². The van der Waals surface area contributed by atoms with Crippen molar-refractivity contribution in [3.05, 3.63) is 70.8 Å². The normalized spacial score (nSPS) is 5.81. The van der Waals surface area contributed by atoms with E-state index in [0.717, 1.165) is 0 Å². The monoisotopic (exact) mass is 208 g/mol. The van der Waals surface area contributed by atoms with Gasteiger partial charge in [0.05, 0.1) is 0 Å². The van der Waals surface area contributed by atoms with Gasteiger partial charge in [-0.3, -0.25) is 4.79 Å². The quantitative estimate of drug-likeness (QED) is 0.301. The van der Waals surface area contributed by atoms with Gasteiger partial charge in [-0.1, -0.05) is 17.2 Å². The summed E-state index contributed by atoms with van der Waals surface area (Å²) in [7, 11) is 0. The van der Waals surface area contributed by atoms with Gasteiger partial charge in [-0.25, -0.2) is 0 Å². The lowest BCUT2D eigenvalue weighted by Gasteiger charge is -1.93. The van der Waals surface area contributed by atoms with Crippen molar-refractivity contribution in [2.24, 2.45) is 0 Å². The van der Waals surface area contributed by atoms with Gasteiger partial charge in [0.15, 0.2) is 5.76 Å². The molecule has 0 fully saturated rings. The van der Waals surface area contributed by atoms with E-state index in [0.29, 0.717) is 0 Å². The van der Waals surface area contributed by atoms with Crippen LogP contribution >= 0.6 is 0 Å². The van der Waals surface area contributed by atoms with E-state index in [4.69, 9.17) is 4.74 Å². The summed E-state index contributed by atoms with van der Waals surface area (Å²) in [6.07, 6.45) is 1.34. The highest BCUT2D eigenvalue weighted by atomic mass is 16.5. The largest absolute Gasteiger partial charge is 0.417 e. The standard InChI is InChI=1S/C14H8O2/c1-4-6-8-10-12-14(16-13(3)15)11-9-7-5-2/h11H,1-2H2,3H3. The van der Waals surface area contributed by atoms with E-state index in [9.17, 15) is 4.79 Å². The second-order valence-corrected chi connectivity index (χ2v) is 2.23. The zero-order valence-corrected chi connectivity index (χ0v) is 8.81. The van der Waals surface area contributed by atoms with Gasteiger partial charge in [-0.2, -0.15) is 0 Å². The van der Waals surface area contributed by atoms with Crippen LogP contribution < -0.4 is 0 Å². The highest BCUT2D eigenvalue weighted by Gasteiger charge is 1.94. The topological polar surface area (TPSA) is 26.3 Å². The summed E-state index contributed by atoms with van der Waals surface area (Å²) in [5, 5.41) is 0. The fraction of sp³-hybridized carbons (Fsp3) is 0.0714. The molecule has 0 aliphatic carbocycles. The van der Waals surface area contributed by atoms with E-state index >= 15 is 0 Å². The van der Waals surface area contributed by atoms with Crippen LogP contribution in [-0.2, 0) is 9.53 Å². The number of carbonyl (C=O) groups excluding carboxylic acids is 1. The van der Waals surface area contributed by atoms with Crippen LogP contribution in [0.15, 0.2) is 70.8 Å². The molecular weight excluding hydrogens is 200 g/mol. The predicted octanol–water partition coefficient (Wildman–Crippen LogP) is 2.49. The Labute approximate surface area is 93.9 Å². The molecule has 0 N–H and O–H groups in total. The summed E-state index contributed by atoms with van der Waals surface area (Å²) in [6.45, 7) is 7.85. The highest BCUT2D eigenvalue weighted by Crippen LogP contribution is 1.95. The Hall–Kier alpha value is -2.81. The molecule has 0 heterocycles. The zero-order chi connectivity index (χ0) is 12.2. The molecule has 0 rings (SSSR count). The van der Waals surface area contributed by atoms with E-state index in [2.05, 4.69) is 59.0 Å². The molecule has 0 saturated carbocycles. The maximum Gasteiger partial charge on any atom is 0.308 e. The minimum atomic E-state index is -0.479. The van der Waals surface area contributed by atoms with E-state index in [1.54, 1.807) is 0 Å². The van der Waals surface area contributed by atoms with Crippen LogP contribution in [0.3, 0.4) is 0 Å². The molecular formula is C14H8O2. The summed E-state index contributed by atoms with van der Waals surface area (Å²) in [5.74, 6) is -0.359. The van der Waals surface area contributed by atoms with Crippen molar-refractivity contribution in [2.75, 3.05) is 0 Å². The van der Waals surface area contributed by atoms with Crippen LogP contribution in [0.5, 0.6) is 0 Å². The Bertz CT molecular complexity index is 585. The van der Waals surface area contributed by atoms with Gasteiger partial charge < -0.3 is 4.74 Å². The van der Waals surface area contributed by atoms with Gasteiger partial charge in [0.25, 0.3) is 0 Å². The number of carbonyl (C=O) groups is 1. The minimum absolute atomic E-state index is 0.119. The molecule has 0 spiro atoms. The molecule has 2 nitrogen and oxygen atoms in total. The fourth-order valence-electron chi connectivity index (χ4n) is 0.567. The fourth-order valence-corrected chi connectivity index (χ4v) is 0.567. The number of hydrogen-bond acceptors (Lipinski definition) is 2. The molecule has 0 unspecified atom stereocenters. The average Bonchev–Trinajstić information content (AvgIpc) is 2.23. The van der Waals surface area contributed by atoms with Crippen LogP contribution in [0.25, 0.3) is 0 Å². The molecule has 0 amide bonds. The Kier molecular flexibility index (Phi) is 7.23. The SMILES string of the molecule is C=C=C=C=C=C=C(C=C=C=C=C)OC(C)=O. The summed E-state index contributed by atoms with van der Waals surface area (Å²) in [5.41, 5.74) is 19.5. The second-order valence-electron chi connectivity index (χ2n) is 2.23. The third kappa shape index (κ3) is 7.82. The Morgan fingerprint density at radius 3 is 2.38 bits per heavy atom. The third-order valence-electron chi connectivity index (χ3n) is 1.02. The predicted molar refractivity (Wildman–Crippen MR) is 59.2 cm³/mol. The smallest absolute Gasteiger partial charge is 0.308 e. The molecule has 0 aliphatic heterocycles. The minimum Gasteiger partial charge on any atom is -0.417 e. The number of allylic oxidation sites excluding steroid dienone is 1. The summed E-state index contributed by atoms with van der Waals surface area (Å²) in [4.78, 5) is 10.7. The third-order valence-corrected chi connectivity index (χ3v) is 1.02. The van der Waals surface area contributed by atoms with Crippen molar-refractivity contribution >= 4 is 5.97 Å². The number of esters is 1. The van der Waals surface area contributed by atoms with Gasteiger partial charge in [0.1, 0.15) is 0 Å². The molecule has 0 saturated heterocycles. The second kappa shape index (κ2) is 8.77. The first-order valence-corrected chi connectivity index (χ1v) is 4.15. The number of ether oxygens (including phenoxy) is 1. The first-order valence-electron chi connectivity index (χ1n) is 4.15. The molecule has 0 aromatic rings. The van der Waals surface area contributed by atoms with Crippen molar-refractivity contribution in [1.29, 1.82) is 0 Å². The molecule has 0 aliphatic rings. The zero-order valence-electron chi connectivity index (χ0n) is 8.81. The number of rotatable bonds is 2. The van der Waals surface area contributed by atoms with Crippen molar-refractivity contribution in [2.45, 2.75) is 6.92 Å². The van der Waals surface area contributed by atoms with Gasteiger partial charge in [-0.15, -0.1) is 0 Å². The van der Waals surface area contributed by atoms with Crippen molar-refractivity contribution < 1.29 is 9.53 Å². The average molecular weight is 208 g/mol. The summed E-state index contributed by atoms with van der Waals surface area (Å²) in [6, 6.07) is 0. The van der Waals surface area contributed by atoms with Crippen LogP contribution in [0.4, 0.5) is 0 Å². The summed E-state index contributed by atoms with van der Waals surface area (Å²) >= 11 is 0. The highest BCUT2D eigenvalue weighted by molar-refractivity contribution is 5.67. The van der Waals surface area contributed by atoms with Crippen molar-refractivity contribution in [3.8, 4) is 0 Å². The van der Waals surface area contributed by atoms with Gasteiger partial charge in [0, 0.05) is 13.0 Å². The molecule has 0 atom stereocenters. The lowest BCUT2D eigenvalue weighted by molar-refractivity contribution is -0.136. The van der Waals surface area contributed by atoms with Gasteiger partial charge >= 0.3 is 5.97 Å². The lowest BCUT2D eigenvalue weighted by atomic mass is 10.4. The van der Waals surface area contributed by atoms with E-state index in [1.807, 2.05) is 0 Å². The summed E-state index contributed by atoms with van der Waals surface area (Å²) < 4.78 is 4.77. The lowest BCUT2D eigenvalue weighted by Crippen LogP contribution is -1.95. The van der Waals surface area contributed by atoms with Gasteiger partial charge in [-0.05, 0) is 41.8 Å². The van der Waals surface area contributed by atoms with E-state index < -0.39 is 5.97 Å². The molecule has 0 aromatic carbocycles. The Balaban J connectivity index is 5.60. The van der Waals surface area contributed by atoms with Crippen molar-refractivity contribution in [1.82, 2.24) is 0 Å². The molecule has 76 valence electrons. The molecule has 0 bridgehead atoms. The van der Waals surface area contributed by atoms with Crippen LogP contribution in [0, 0.1) is 0 Å². The Morgan fingerprint density at radius 1 is 1.12 bits per heavy atom.